The predicted molar refractivity (Wildman–Crippen MR) is 134 cm³/mol. The summed E-state index contributed by atoms with van der Waals surface area (Å²) in [5.41, 5.74) is 12.7. The summed E-state index contributed by atoms with van der Waals surface area (Å²) >= 11 is 12.5. The minimum atomic E-state index is -0.793. The first kappa shape index (κ1) is 23.4. The zero-order valence-electron chi connectivity index (χ0n) is 19.5. The van der Waals surface area contributed by atoms with Crippen molar-refractivity contribution in [2.75, 3.05) is 18.0 Å². The second kappa shape index (κ2) is 8.72. The molecule has 3 aromatic heterocycles. The molecule has 9 heteroatoms. The number of hydrogen-bond acceptors (Lipinski definition) is 7. The third-order valence-electron chi connectivity index (χ3n) is 7.29. The Labute approximate surface area is 209 Å². The van der Waals surface area contributed by atoms with Crippen LogP contribution < -0.4 is 10.6 Å². The van der Waals surface area contributed by atoms with Gasteiger partial charge in [0.05, 0.1) is 22.5 Å². The van der Waals surface area contributed by atoms with Crippen LogP contribution in [0.3, 0.4) is 0 Å². The number of hydrogen-bond donors (Lipinski definition) is 2. The maximum Gasteiger partial charge on any atom is 0.153 e. The average molecular weight is 499 g/mol. The Kier molecular flexibility index (Phi) is 6.01. The summed E-state index contributed by atoms with van der Waals surface area (Å²) < 4.78 is 0. The monoisotopic (exact) mass is 498 g/mol. The number of aliphatic hydroxyl groups is 1. The van der Waals surface area contributed by atoms with Gasteiger partial charge in [-0.1, -0.05) is 29.3 Å². The van der Waals surface area contributed by atoms with Gasteiger partial charge in [0, 0.05) is 42.8 Å². The van der Waals surface area contributed by atoms with Crippen LogP contribution in [0.2, 0.25) is 10.2 Å². The van der Waals surface area contributed by atoms with Gasteiger partial charge in [0.2, 0.25) is 0 Å². The Morgan fingerprint density at radius 2 is 1.91 bits per heavy atom. The summed E-state index contributed by atoms with van der Waals surface area (Å²) in [4.78, 5) is 20.6. The van der Waals surface area contributed by atoms with Crippen LogP contribution in [0.15, 0.2) is 24.5 Å². The first-order valence-electron chi connectivity index (χ1n) is 11.5. The summed E-state index contributed by atoms with van der Waals surface area (Å²) in [7, 11) is 0. The van der Waals surface area contributed by atoms with Crippen molar-refractivity contribution < 1.29 is 5.11 Å². The van der Waals surface area contributed by atoms with E-state index in [2.05, 4.69) is 27.9 Å². The van der Waals surface area contributed by atoms with Gasteiger partial charge in [0.15, 0.2) is 5.82 Å². The van der Waals surface area contributed by atoms with Gasteiger partial charge in [-0.2, -0.15) is 0 Å². The highest BCUT2D eigenvalue weighted by Crippen LogP contribution is 2.51. The van der Waals surface area contributed by atoms with Crippen molar-refractivity contribution in [1.29, 1.82) is 0 Å². The molecule has 3 aromatic rings. The molecule has 1 spiro atoms. The minimum absolute atomic E-state index is 0.00828. The fourth-order valence-electron chi connectivity index (χ4n) is 5.35. The molecule has 0 amide bonds. The predicted octanol–water partition coefficient (Wildman–Crippen LogP) is 4.75. The Morgan fingerprint density at radius 1 is 1.18 bits per heavy atom. The van der Waals surface area contributed by atoms with Gasteiger partial charge in [-0.25, -0.2) is 15.0 Å². The molecule has 4 heterocycles. The number of pyridine rings is 2. The Hall–Kier alpha value is -2.32. The standard InChI is InChI=1S/C25H28Cl2N6O/c1-13-10-17-18(30-12-13)11-25(22(17)28)5-8-33(9-6-25)24-21(15(3)34)32-20(14(2)31-24)16-4-7-29-23(27)19(16)26/h4,7,10,12,15,22,34H,5-6,8-9,11,28H2,1-3H3/t15?,22-/m1/s1. The first-order valence-corrected chi connectivity index (χ1v) is 12.3. The van der Waals surface area contributed by atoms with Crippen molar-refractivity contribution in [2.24, 2.45) is 11.1 Å². The molecule has 7 nitrogen and oxygen atoms in total. The Bertz CT molecular complexity index is 1260. The molecule has 0 aromatic carbocycles. The number of nitrogens with zero attached hydrogens (tertiary/aromatic N) is 5. The van der Waals surface area contributed by atoms with E-state index in [9.17, 15) is 5.11 Å². The molecule has 34 heavy (non-hydrogen) atoms. The molecule has 0 saturated carbocycles. The van der Waals surface area contributed by atoms with Crippen LogP contribution in [0, 0.1) is 19.3 Å². The number of fused-ring (bicyclic) bond motifs is 1. The third kappa shape index (κ3) is 3.85. The van der Waals surface area contributed by atoms with Gasteiger partial charge in [0.25, 0.3) is 0 Å². The topological polar surface area (TPSA) is 101 Å². The molecular weight excluding hydrogens is 471 g/mol. The van der Waals surface area contributed by atoms with Crippen LogP contribution in [0.1, 0.15) is 60.1 Å². The molecular formula is C25H28Cl2N6O. The van der Waals surface area contributed by atoms with Crippen LogP contribution in [0.25, 0.3) is 11.3 Å². The molecule has 1 saturated heterocycles. The lowest BCUT2D eigenvalue weighted by molar-refractivity contribution is 0.182. The van der Waals surface area contributed by atoms with Gasteiger partial charge >= 0.3 is 0 Å². The molecule has 0 bridgehead atoms. The van der Waals surface area contributed by atoms with E-state index in [1.54, 1.807) is 19.2 Å². The lowest BCUT2D eigenvalue weighted by Crippen LogP contribution is -2.45. The Morgan fingerprint density at radius 3 is 2.62 bits per heavy atom. The minimum Gasteiger partial charge on any atom is -0.387 e. The van der Waals surface area contributed by atoms with Crippen molar-refractivity contribution in [3.63, 3.8) is 0 Å². The largest absolute Gasteiger partial charge is 0.387 e. The summed E-state index contributed by atoms with van der Waals surface area (Å²) in [5.74, 6) is 0.709. The van der Waals surface area contributed by atoms with E-state index >= 15 is 0 Å². The summed E-state index contributed by atoms with van der Waals surface area (Å²) in [6.45, 7) is 7.23. The van der Waals surface area contributed by atoms with Crippen LogP contribution in [-0.4, -0.2) is 38.1 Å². The summed E-state index contributed by atoms with van der Waals surface area (Å²) in [6, 6.07) is 3.93. The number of halogens is 2. The quantitative estimate of drug-likeness (QED) is 0.502. The molecule has 1 aliphatic carbocycles. The van der Waals surface area contributed by atoms with E-state index in [0.29, 0.717) is 33.5 Å². The van der Waals surface area contributed by atoms with Crippen LogP contribution in [0.4, 0.5) is 5.82 Å². The van der Waals surface area contributed by atoms with E-state index in [1.165, 1.54) is 5.56 Å². The zero-order chi connectivity index (χ0) is 24.2. The Balaban J connectivity index is 1.44. The molecule has 0 radical (unpaired) electrons. The smallest absolute Gasteiger partial charge is 0.153 e. The number of anilines is 1. The van der Waals surface area contributed by atoms with Crippen molar-refractivity contribution in [2.45, 2.75) is 52.2 Å². The number of aliphatic hydroxyl groups excluding tert-OH is 1. The van der Waals surface area contributed by atoms with E-state index in [4.69, 9.17) is 38.9 Å². The van der Waals surface area contributed by atoms with E-state index in [0.717, 1.165) is 43.6 Å². The lowest BCUT2D eigenvalue weighted by Gasteiger charge is -2.43. The molecule has 1 aliphatic heterocycles. The molecule has 178 valence electrons. The summed E-state index contributed by atoms with van der Waals surface area (Å²) in [6.07, 6.45) is 5.49. The van der Waals surface area contributed by atoms with Gasteiger partial charge < -0.3 is 15.7 Å². The normalized spacial score (nSPS) is 20.0. The first-order chi connectivity index (χ1) is 16.2. The fraction of sp³-hybridized carbons (Fsp3) is 0.440. The van der Waals surface area contributed by atoms with Gasteiger partial charge in [-0.3, -0.25) is 4.98 Å². The fourth-order valence-corrected chi connectivity index (χ4v) is 5.71. The number of aryl methyl sites for hydroxylation is 2. The SMILES string of the molecule is Cc1cnc2c(c1)[C@@H](N)C1(CCN(c3nc(C)c(-c4ccnc(Cl)c4Cl)nc3C(C)O)CC1)C2. The highest BCUT2D eigenvalue weighted by atomic mass is 35.5. The molecule has 2 atom stereocenters. The number of aromatic nitrogens is 4. The van der Waals surface area contributed by atoms with Crippen molar-refractivity contribution in [1.82, 2.24) is 19.9 Å². The van der Waals surface area contributed by atoms with Gasteiger partial charge in [0.1, 0.15) is 10.8 Å². The van der Waals surface area contributed by atoms with E-state index in [1.807, 2.05) is 13.1 Å². The zero-order valence-corrected chi connectivity index (χ0v) is 21.0. The highest BCUT2D eigenvalue weighted by Gasteiger charge is 2.47. The highest BCUT2D eigenvalue weighted by molar-refractivity contribution is 6.42. The van der Waals surface area contributed by atoms with Crippen LogP contribution in [-0.2, 0) is 6.42 Å². The van der Waals surface area contributed by atoms with Crippen LogP contribution >= 0.6 is 23.2 Å². The van der Waals surface area contributed by atoms with Crippen molar-refractivity contribution in [3.8, 4) is 11.3 Å². The second-order valence-corrected chi connectivity index (χ2v) is 10.3. The van der Waals surface area contributed by atoms with E-state index < -0.39 is 6.10 Å². The molecule has 3 N–H and O–H groups in total. The lowest BCUT2D eigenvalue weighted by atomic mass is 9.73. The van der Waals surface area contributed by atoms with Crippen molar-refractivity contribution in [3.05, 3.63) is 62.9 Å². The average Bonchev–Trinajstić information content (AvgIpc) is 3.07. The molecule has 1 fully saturated rings. The third-order valence-corrected chi connectivity index (χ3v) is 8.05. The van der Waals surface area contributed by atoms with Gasteiger partial charge in [-0.15, -0.1) is 0 Å². The number of rotatable bonds is 3. The maximum absolute atomic E-state index is 10.6. The number of piperidine rings is 1. The van der Waals surface area contributed by atoms with Crippen molar-refractivity contribution >= 4 is 29.0 Å². The van der Waals surface area contributed by atoms with Gasteiger partial charge in [-0.05, 0) is 62.6 Å². The maximum atomic E-state index is 10.6. The molecule has 2 aliphatic rings. The van der Waals surface area contributed by atoms with E-state index in [-0.39, 0.29) is 16.6 Å². The summed E-state index contributed by atoms with van der Waals surface area (Å²) in [5, 5.41) is 11.1. The molecule has 5 rings (SSSR count). The molecule has 1 unspecified atom stereocenters. The van der Waals surface area contributed by atoms with Crippen LogP contribution in [0.5, 0.6) is 0 Å². The second-order valence-electron chi connectivity index (χ2n) is 9.56. The number of nitrogens with two attached hydrogens (primary N) is 1.